The molecule has 4 heteroatoms. The third-order valence-corrected chi connectivity index (χ3v) is 19.4. The fourth-order valence-electron chi connectivity index (χ4n) is 13.2. The van der Waals surface area contributed by atoms with Crippen molar-refractivity contribution in [3.8, 4) is 11.1 Å². The minimum atomic E-state index is -0.645. The Morgan fingerprint density at radius 2 is 0.716 bits per heavy atom. The van der Waals surface area contributed by atoms with E-state index in [1.807, 2.05) is 22.7 Å². The zero-order chi connectivity index (χ0) is 50.0. The second kappa shape index (κ2) is 16.9. The van der Waals surface area contributed by atoms with Crippen molar-refractivity contribution >= 4 is 97.1 Å². The quantitative estimate of drug-likeness (QED) is 0.150. The van der Waals surface area contributed by atoms with Crippen molar-refractivity contribution in [1.82, 2.24) is 0 Å². The van der Waals surface area contributed by atoms with E-state index in [2.05, 4.69) is 258 Å². The SMILES string of the molecule is CCc1cccc2c1sc1c(N(c3ccc4c(c3)C3(c5cc(N(c6ccccc6C)c6cccc7c6sc6c(CC)cccc67)ccc5-4)c4ccccc4C(C)(C)c4ccccc43)c3ccccc3C)cccc12. The minimum absolute atomic E-state index is 0.237. The van der Waals surface area contributed by atoms with Gasteiger partial charge in [-0.1, -0.05) is 185 Å². The van der Waals surface area contributed by atoms with Crippen LogP contribution in [0.1, 0.15) is 83.3 Å². The van der Waals surface area contributed by atoms with E-state index >= 15 is 0 Å². The number of para-hydroxylation sites is 2. The van der Waals surface area contributed by atoms with E-state index in [0.29, 0.717) is 0 Å². The lowest BCUT2D eigenvalue weighted by molar-refractivity contribution is 0.563. The van der Waals surface area contributed by atoms with E-state index in [1.165, 1.54) is 130 Å². The number of aryl methyl sites for hydroxylation is 4. The topological polar surface area (TPSA) is 6.48 Å². The highest BCUT2D eigenvalue weighted by molar-refractivity contribution is 7.27. The van der Waals surface area contributed by atoms with Crippen LogP contribution < -0.4 is 9.80 Å². The van der Waals surface area contributed by atoms with Crippen LogP contribution in [0.5, 0.6) is 0 Å². The van der Waals surface area contributed by atoms with Crippen LogP contribution in [0, 0.1) is 13.8 Å². The van der Waals surface area contributed by atoms with Crippen molar-refractivity contribution in [2.75, 3.05) is 9.80 Å². The Kier molecular flexibility index (Phi) is 10.3. The molecule has 0 saturated heterocycles. The molecule has 2 nitrogen and oxygen atoms in total. The lowest BCUT2D eigenvalue weighted by Crippen LogP contribution is -2.40. The molecule has 2 heterocycles. The van der Waals surface area contributed by atoms with Crippen molar-refractivity contribution in [2.24, 2.45) is 0 Å². The standard InChI is InChI=1S/C70H56N2S2/c1-7-45-23-17-25-51-53-27-19-35-63(67(53)73-65(45)51)71(61-33-15-9-21-43(61)3)47-37-39-49-50-40-38-48(42-60(50)70(59(49)41-47)57-31-13-11-29-55(57)69(5,6)56-30-12-14-32-58(56)70)72(62-34-16-10-22-44(62)4)64-36-20-28-54-52-26-18-24-46(8-2)66(52)74-68(54)64/h9-42H,7-8H2,1-6H3. The first-order valence-electron chi connectivity index (χ1n) is 26.3. The average Bonchev–Trinajstić information content (AvgIpc) is 4.15. The van der Waals surface area contributed by atoms with Gasteiger partial charge in [0.2, 0.25) is 0 Å². The zero-order valence-electron chi connectivity index (χ0n) is 42.8. The Bertz CT molecular complexity index is 3990. The van der Waals surface area contributed by atoms with Crippen LogP contribution in [0.15, 0.2) is 206 Å². The van der Waals surface area contributed by atoms with E-state index in [1.54, 1.807) is 0 Å². The number of thiophene rings is 2. The Morgan fingerprint density at radius 3 is 1.14 bits per heavy atom. The number of rotatable bonds is 8. The van der Waals surface area contributed by atoms with E-state index in [-0.39, 0.29) is 5.41 Å². The maximum absolute atomic E-state index is 2.57. The molecule has 0 amide bonds. The van der Waals surface area contributed by atoms with Crippen LogP contribution in [0.3, 0.4) is 0 Å². The lowest BCUT2D eigenvalue weighted by atomic mass is 9.55. The van der Waals surface area contributed by atoms with E-state index in [4.69, 9.17) is 0 Å². The van der Waals surface area contributed by atoms with Gasteiger partial charge in [0.1, 0.15) is 0 Å². The van der Waals surface area contributed by atoms with Crippen molar-refractivity contribution in [2.45, 2.75) is 65.2 Å². The largest absolute Gasteiger partial charge is 0.309 e. The van der Waals surface area contributed by atoms with Crippen LogP contribution in [0.2, 0.25) is 0 Å². The molecule has 2 aromatic heterocycles. The molecular formula is C70H56N2S2. The minimum Gasteiger partial charge on any atom is -0.309 e. The summed E-state index contributed by atoms with van der Waals surface area (Å²) in [5.41, 5.74) is 22.0. The van der Waals surface area contributed by atoms with Crippen LogP contribution >= 0.6 is 22.7 Å². The van der Waals surface area contributed by atoms with Gasteiger partial charge in [-0.2, -0.15) is 0 Å². The molecule has 0 aliphatic heterocycles. The predicted octanol–water partition coefficient (Wildman–Crippen LogP) is 20.1. The second-order valence-electron chi connectivity index (χ2n) is 21.0. The highest BCUT2D eigenvalue weighted by Gasteiger charge is 2.54. The molecule has 74 heavy (non-hydrogen) atoms. The van der Waals surface area contributed by atoms with Gasteiger partial charge in [0.05, 0.1) is 26.2 Å². The smallest absolute Gasteiger partial charge is 0.0721 e. The molecule has 0 fully saturated rings. The summed E-state index contributed by atoms with van der Waals surface area (Å²) in [6, 6.07) is 78.9. The van der Waals surface area contributed by atoms with E-state index in [9.17, 15) is 0 Å². The van der Waals surface area contributed by atoms with Gasteiger partial charge in [-0.25, -0.2) is 0 Å². The molecule has 0 atom stereocenters. The van der Waals surface area contributed by atoms with Crippen LogP contribution in [-0.4, -0.2) is 0 Å². The molecule has 0 bridgehead atoms. The summed E-state index contributed by atoms with van der Waals surface area (Å²) in [5, 5.41) is 5.28. The maximum atomic E-state index is 2.57. The van der Waals surface area contributed by atoms with Gasteiger partial charge in [-0.3, -0.25) is 0 Å². The first-order chi connectivity index (χ1) is 36.2. The summed E-state index contributed by atoms with van der Waals surface area (Å²) < 4.78 is 5.38. The third kappa shape index (κ3) is 6.28. The Morgan fingerprint density at radius 1 is 0.351 bits per heavy atom. The van der Waals surface area contributed by atoms with Crippen molar-refractivity contribution < 1.29 is 0 Å². The van der Waals surface area contributed by atoms with Crippen molar-refractivity contribution in [3.63, 3.8) is 0 Å². The highest BCUT2D eigenvalue weighted by Crippen LogP contribution is 2.64. The lowest BCUT2D eigenvalue weighted by Gasteiger charge is -2.47. The maximum Gasteiger partial charge on any atom is 0.0721 e. The fraction of sp³-hybridized carbons (Fsp3) is 0.143. The summed E-state index contributed by atoms with van der Waals surface area (Å²) in [7, 11) is 0. The second-order valence-corrected chi connectivity index (χ2v) is 23.0. The van der Waals surface area contributed by atoms with Gasteiger partial charge >= 0.3 is 0 Å². The van der Waals surface area contributed by atoms with E-state index < -0.39 is 5.41 Å². The molecule has 12 aromatic rings. The van der Waals surface area contributed by atoms with Crippen molar-refractivity contribution in [3.05, 3.63) is 262 Å². The monoisotopic (exact) mass is 988 g/mol. The number of nitrogens with zero attached hydrogens (tertiary/aromatic N) is 2. The van der Waals surface area contributed by atoms with Gasteiger partial charge < -0.3 is 9.80 Å². The molecule has 0 unspecified atom stereocenters. The Hall–Kier alpha value is -7.76. The zero-order valence-corrected chi connectivity index (χ0v) is 44.4. The third-order valence-electron chi connectivity index (χ3n) is 16.8. The molecule has 14 rings (SSSR count). The summed E-state index contributed by atoms with van der Waals surface area (Å²) >= 11 is 3.88. The van der Waals surface area contributed by atoms with Crippen molar-refractivity contribution in [1.29, 1.82) is 0 Å². The molecule has 358 valence electrons. The van der Waals surface area contributed by atoms with Gasteiger partial charge in [0, 0.05) is 59.1 Å². The molecule has 2 aliphatic rings. The predicted molar refractivity (Wildman–Crippen MR) is 319 cm³/mol. The molecule has 2 aliphatic carbocycles. The van der Waals surface area contributed by atoms with Crippen LogP contribution in [0.4, 0.5) is 34.1 Å². The number of fused-ring (bicyclic) bond motifs is 15. The molecule has 0 N–H and O–H groups in total. The molecule has 0 radical (unpaired) electrons. The highest BCUT2D eigenvalue weighted by atomic mass is 32.1. The average molecular weight is 989 g/mol. The summed E-state index contributed by atoms with van der Waals surface area (Å²) in [6.07, 6.45) is 2.00. The number of hydrogen-bond acceptors (Lipinski definition) is 4. The summed E-state index contributed by atoms with van der Waals surface area (Å²) in [5.74, 6) is 0. The number of benzene rings is 10. The number of anilines is 6. The fourth-order valence-corrected chi connectivity index (χ4v) is 16.0. The van der Waals surface area contributed by atoms with Crippen LogP contribution in [-0.2, 0) is 23.7 Å². The molecule has 1 spiro atoms. The van der Waals surface area contributed by atoms with Crippen LogP contribution in [0.25, 0.3) is 51.5 Å². The first-order valence-corrected chi connectivity index (χ1v) is 27.9. The summed E-state index contributed by atoms with van der Waals surface area (Å²) in [6.45, 7) is 13.9. The molecule has 0 saturated carbocycles. The van der Waals surface area contributed by atoms with E-state index in [0.717, 1.165) is 24.2 Å². The molecule has 10 aromatic carbocycles. The normalized spacial score (nSPS) is 13.9. The van der Waals surface area contributed by atoms with Gasteiger partial charge in [0.25, 0.3) is 0 Å². The van der Waals surface area contributed by atoms with Gasteiger partial charge in [-0.15, -0.1) is 22.7 Å². The Labute approximate surface area is 442 Å². The molecular weight excluding hydrogens is 933 g/mol. The first kappa shape index (κ1) is 44.9. The van der Waals surface area contributed by atoms with Gasteiger partial charge in [0.15, 0.2) is 0 Å². The number of hydrogen-bond donors (Lipinski definition) is 0. The van der Waals surface area contributed by atoms with Gasteiger partial charge in [-0.05, 0) is 142 Å². The summed E-state index contributed by atoms with van der Waals surface area (Å²) in [4.78, 5) is 5.11. The Balaban J connectivity index is 1.07.